The molecule has 1 aliphatic rings. The van der Waals surface area contributed by atoms with Gasteiger partial charge in [0.1, 0.15) is 0 Å². The Morgan fingerprint density at radius 1 is 1.10 bits per heavy atom. The summed E-state index contributed by atoms with van der Waals surface area (Å²) in [6.45, 7) is 7.71. The van der Waals surface area contributed by atoms with Gasteiger partial charge in [-0.1, -0.05) is 23.7 Å². The predicted molar refractivity (Wildman–Crippen MR) is 140 cm³/mol. The number of halogens is 4. The molecule has 0 aromatic heterocycles. The Morgan fingerprint density at radius 3 is 2.18 bits per heavy atom. The van der Waals surface area contributed by atoms with Crippen molar-refractivity contribution in [3.8, 4) is 0 Å². The molecule has 2 amide bonds. The van der Waals surface area contributed by atoms with Crippen molar-refractivity contribution in [2.75, 3.05) is 38.7 Å². The number of amides is 2. The lowest BCUT2D eigenvalue weighted by atomic mass is 10.1. The van der Waals surface area contributed by atoms with Gasteiger partial charge >= 0.3 is 6.18 Å². The highest BCUT2D eigenvalue weighted by Crippen LogP contribution is 2.34. The average Bonchev–Trinajstić information content (AvgIpc) is 2.85. The minimum absolute atomic E-state index is 0.101. The fourth-order valence-electron chi connectivity index (χ4n) is 3.15. The van der Waals surface area contributed by atoms with Crippen molar-refractivity contribution >= 4 is 38.9 Å². The molecule has 1 heterocycles. The smallest absolute Gasteiger partial charge is 0.379 e. The summed E-state index contributed by atoms with van der Waals surface area (Å²) in [4.78, 5) is 25.9. The van der Waals surface area contributed by atoms with Crippen LogP contribution in [0.3, 0.4) is 0 Å². The zero-order valence-electron chi connectivity index (χ0n) is 21.8. The van der Waals surface area contributed by atoms with Crippen LogP contribution in [0.5, 0.6) is 0 Å². The largest absolute Gasteiger partial charge is 0.426 e. The molecule has 14 heteroatoms. The number of benzene rings is 2. The number of ether oxygens (including phenoxy) is 1. The van der Waals surface area contributed by atoms with Gasteiger partial charge in [0.2, 0.25) is 15.4 Å². The highest BCUT2D eigenvalue weighted by molar-refractivity contribution is 7.91. The van der Waals surface area contributed by atoms with Crippen LogP contribution in [0.2, 0.25) is 5.02 Å². The van der Waals surface area contributed by atoms with E-state index in [1.165, 1.54) is 24.3 Å². The SMILES string of the molecule is CC(C)NC(=O)c1ccccc1S(=O)(=O)c1ccc(NC(=O)[C@@](C)(O)C(F)(F)F)c(Cl)c1.CN1CCOCC1. The van der Waals surface area contributed by atoms with E-state index in [0.29, 0.717) is 0 Å². The van der Waals surface area contributed by atoms with Crippen molar-refractivity contribution in [1.29, 1.82) is 0 Å². The molecule has 0 unspecified atom stereocenters. The van der Waals surface area contributed by atoms with Crippen molar-refractivity contribution in [2.24, 2.45) is 0 Å². The summed E-state index contributed by atoms with van der Waals surface area (Å²) in [5.41, 5.74) is -4.13. The van der Waals surface area contributed by atoms with Crippen molar-refractivity contribution < 1.29 is 41.0 Å². The molecular formula is C25H31ClF3N3O6S. The highest BCUT2D eigenvalue weighted by atomic mass is 35.5. The van der Waals surface area contributed by atoms with E-state index in [-0.39, 0.29) is 39.0 Å². The predicted octanol–water partition coefficient (Wildman–Crippen LogP) is 3.51. The molecule has 2 aromatic rings. The van der Waals surface area contributed by atoms with Crippen LogP contribution in [0, 0.1) is 0 Å². The van der Waals surface area contributed by atoms with Crippen LogP contribution in [-0.2, 0) is 19.4 Å². The first kappa shape index (κ1) is 32.5. The second-order valence-corrected chi connectivity index (χ2v) is 11.5. The summed E-state index contributed by atoms with van der Waals surface area (Å²) in [6, 6.07) is 8.15. The Hall–Kier alpha value is -2.71. The molecule has 216 valence electrons. The average molecular weight is 594 g/mol. The molecule has 1 atom stereocenters. The Labute approximate surface area is 230 Å². The lowest BCUT2D eigenvalue weighted by Gasteiger charge is -2.25. The third kappa shape index (κ3) is 8.39. The lowest BCUT2D eigenvalue weighted by molar-refractivity contribution is -0.242. The summed E-state index contributed by atoms with van der Waals surface area (Å²) in [7, 11) is -2.14. The molecule has 3 N–H and O–H groups in total. The normalized spacial score (nSPS) is 16.1. The molecule has 0 saturated carbocycles. The Bertz CT molecular complexity index is 1280. The van der Waals surface area contributed by atoms with Crippen LogP contribution < -0.4 is 10.6 Å². The zero-order valence-corrected chi connectivity index (χ0v) is 23.4. The van der Waals surface area contributed by atoms with Crippen LogP contribution >= 0.6 is 11.6 Å². The van der Waals surface area contributed by atoms with E-state index >= 15 is 0 Å². The molecule has 1 aliphatic heterocycles. The number of alkyl halides is 3. The summed E-state index contributed by atoms with van der Waals surface area (Å²) in [5.74, 6) is -2.40. The number of carbonyl (C=O) groups is 2. The monoisotopic (exact) mass is 593 g/mol. The van der Waals surface area contributed by atoms with E-state index in [1.807, 2.05) is 5.32 Å². The quantitative estimate of drug-likeness (QED) is 0.468. The molecule has 2 aromatic carbocycles. The number of hydrogen-bond acceptors (Lipinski definition) is 7. The molecule has 0 spiro atoms. The van der Waals surface area contributed by atoms with E-state index in [4.69, 9.17) is 16.3 Å². The van der Waals surface area contributed by atoms with Crippen molar-refractivity contribution in [1.82, 2.24) is 10.2 Å². The first-order chi connectivity index (χ1) is 18.0. The van der Waals surface area contributed by atoms with E-state index in [0.717, 1.165) is 44.5 Å². The van der Waals surface area contributed by atoms with Gasteiger partial charge in [0, 0.05) is 19.1 Å². The topological polar surface area (TPSA) is 125 Å². The molecule has 0 bridgehead atoms. The Kier molecular flexibility index (Phi) is 10.9. The highest BCUT2D eigenvalue weighted by Gasteiger charge is 2.55. The third-order valence-corrected chi connectivity index (χ3v) is 7.69. The summed E-state index contributed by atoms with van der Waals surface area (Å²) in [5, 5.41) is 13.5. The number of sulfone groups is 1. The van der Waals surface area contributed by atoms with Gasteiger partial charge in [0.15, 0.2) is 0 Å². The van der Waals surface area contributed by atoms with E-state index < -0.39 is 33.4 Å². The van der Waals surface area contributed by atoms with Gasteiger partial charge in [-0.3, -0.25) is 9.59 Å². The van der Waals surface area contributed by atoms with Crippen molar-refractivity contribution in [2.45, 2.75) is 48.4 Å². The van der Waals surface area contributed by atoms with Gasteiger partial charge in [-0.05, 0) is 58.2 Å². The molecule has 3 rings (SSSR count). The Balaban J connectivity index is 0.000000658. The van der Waals surface area contributed by atoms with Gasteiger partial charge in [-0.15, -0.1) is 0 Å². The van der Waals surface area contributed by atoms with Crippen LogP contribution in [-0.4, -0.2) is 81.4 Å². The van der Waals surface area contributed by atoms with Crippen LogP contribution in [0.25, 0.3) is 0 Å². The van der Waals surface area contributed by atoms with Crippen molar-refractivity contribution in [3.63, 3.8) is 0 Å². The number of likely N-dealkylation sites (N-methyl/N-ethyl adjacent to an activating group) is 1. The third-order valence-electron chi connectivity index (χ3n) is 5.57. The lowest BCUT2D eigenvalue weighted by Crippen LogP contribution is -2.52. The number of anilines is 1. The first-order valence-corrected chi connectivity index (χ1v) is 13.7. The molecular weight excluding hydrogens is 563 g/mol. The molecule has 1 fully saturated rings. The summed E-state index contributed by atoms with van der Waals surface area (Å²) >= 11 is 5.98. The van der Waals surface area contributed by atoms with Crippen LogP contribution in [0.4, 0.5) is 18.9 Å². The second kappa shape index (κ2) is 13.1. The maximum Gasteiger partial charge on any atom is 0.426 e. The maximum atomic E-state index is 13.1. The number of hydrogen-bond donors (Lipinski definition) is 3. The van der Waals surface area contributed by atoms with Gasteiger partial charge in [-0.2, -0.15) is 13.2 Å². The van der Waals surface area contributed by atoms with Crippen LogP contribution in [0.1, 0.15) is 31.1 Å². The molecule has 0 aliphatic carbocycles. The van der Waals surface area contributed by atoms with Gasteiger partial charge in [0.25, 0.3) is 11.8 Å². The minimum atomic E-state index is -5.24. The number of carbonyl (C=O) groups excluding carboxylic acids is 2. The van der Waals surface area contributed by atoms with Gasteiger partial charge < -0.3 is 25.4 Å². The molecule has 39 heavy (non-hydrogen) atoms. The van der Waals surface area contributed by atoms with Gasteiger partial charge in [0.05, 0.1) is 39.3 Å². The number of aliphatic hydroxyl groups is 1. The molecule has 0 radical (unpaired) electrons. The maximum absolute atomic E-state index is 13.1. The minimum Gasteiger partial charge on any atom is -0.379 e. The second-order valence-electron chi connectivity index (χ2n) is 9.21. The number of morpholine rings is 1. The number of nitrogens with zero attached hydrogens (tertiary/aromatic N) is 1. The molecule has 1 saturated heterocycles. The Morgan fingerprint density at radius 2 is 1.69 bits per heavy atom. The number of rotatable bonds is 6. The van der Waals surface area contributed by atoms with E-state index in [1.54, 1.807) is 13.8 Å². The number of nitrogens with one attached hydrogen (secondary N) is 2. The fourth-order valence-corrected chi connectivity index (χ4v) is 4.92. The van der Waals surface area contributed by atoms with E-state index in [9.17, 15) is 36.3 Å². The zero-order chi connectivity index (χ0) is 29.6. The summed E-state index contributed by atoms with van der Waals surface area (Å²) < 4.78 is 69.8. The van der Waals surface area contributed by atoms with E-state index in [2.05, 4.69) is 17.3 Å². The first-order valence-electron chi connectivity index (χ1n) is 11.8. The van der Waals surface area contributed by atoms with Gasteiger partial charge in [-0.25, -0.2) is 8.42 Å². The fraction of sp³-hybridized carbons (Fsp3) is 0.440. The molecule has 9 nitrogen and oxygen atoms in total. The summed E-state index contributed by atoms with van der Waals surface area (Å²) in [6.07, 6.45) is -5.24. The standard InChI is InChI=1S/C20H20ClF3N2O5S.C5H11NO/c1-11(2)25-17(27)13-6-4-5-7-16(13)32(30,31)12-8-9-15(14(21)10-12)26-18(28)19(3,29)20(22,23)24;1-6-2-4-7-5-3-6/h4-11,29H,1-3H3,(H,25,27)(H,26,28);2-5H2,1H3/t19-;/m1./s1. The van der Waals surface area contributed by atoms with Crippen molar-refractivity contribution in [3.05, 3.63) is 53.1 Å². The van der Waals surface area contributed by atoms with Crippen LogP contribution in [0.15, 0.2) is 52.3 Å².